The van der Waals surface area contributed by atoms with Gasteiger partial charge in [0.1, 0.15) is 11.4 Å². The van der Waals surface area contributed by atoms with Crippen LogP contribution in [0.1, 0.15) is 75.8 Å². The van der Waals surface area contributed by atoms with E-state index in [2.05, 4.69) is 15.5 Å². The van der Waals surface area contributed by atoms with Crippen LogP contribution in [0.15, 0.2) is 24.3 Å². The fraction of sp³-hybridized carbons (Fsp3) is 0.609. The Bertz CT molecular complexity index is 967. The van der Waals surface area contributed by atoms with E-state index in [-0.39, 0.29) is 24.1 Å². The van der Waals surface area contributed by atoms with E-state index in [1.54, 1.807) is 11.0 Å². The number of hydrogen-bond acceptors (Lipinski definition) is 8. The van der Waals surface area contributed by atoms with Gasteiger partial charge in [-0.05, 0) is 64.8 Å². The van der Waals surface area contributed by atoms with Gasteiger partial charge in [0.25, 0.3) is 5.82 Å². The zero-order valence-corrected chi connectivity index (χ0v) is 19.7. The normalized spacial score (nSPS) is 22.2. The molecule has 10 heteroatoms. The standard InChI is InChI=1S/C23H34N8O2/c1-23(2,3)33-22(32)30-12-9-15(10-13-30)18-5-7-20(25)31(29-18)21-14-16(8-11-26-21)17-4-6-19(24)28-27-17/h4-7,15-16,21,25-26H,8-14H2,1-3H3,(H2,24,28)/p+1. The van der Waals surface area contributed by atoms with E-state index in [1.165, 1.54) is 0 Å². The topological polar surface area (TPSA) is 136 Å². The molecule has 2 aliphatic rings. The zero-order chi connectivity index (χ0) is 23.6. The van der Waals surface area contributed by atoms with Crippen molar-refractivity contribution in [2.45, 2.75) is 70.1 Å². The number of amides is 1. The molecular formula is C23H35N8O2+. The van der Waals surface area contributed by atoms with Crippen LogP contribution in [0.5, 0.6) is 0 Å². The number of nitrogens with one attached hydrogen (secondary N) is 1. The van der Waals surface area contributed by atoms with Crippen molar-refractivity contribution in [3.63, 3.8) is 0 Å². The first-order chi connectivity index (χ1) is 15.7. The lowest BCUT2D eigenvalue weighted by Gasteiger charge is -2.33. The molecule has 0 saturated carbocycles. The fourth-order valence-corrected chi connectivity index (χ4v) is 4.53. The van der Waals surface area contributed by atoms with Crippen molar-refractivity contribution in [3.8, 4) is 0 Å². The Morgan fingerprint density at radius 1 is 1.06 bits per heavy atom. The van der Waals surface area contributed by atoms with E-state index >= 15 is 0 Å². The van der Waals surface area contributed by atoms with Gasteiger partial charge in [0.2, 0.25) is 0 Å². The SMILES string of the molecule is CC(C)(C)OC(=O)N1CCC(c2ccc(N)[n+](C3CC(c4ccc(N)nn4)CCN3)n2)CC1. The minimum absolute atomic E-state index is 0.0232. The number of nitrogens with two attached hydrogens (primary N) is 2. The van der Waals surface area contributed by atoms with Crippen molar-refractivity contribution in [1.29, 1.82) is 0 Å². The van der Waals surface area contributed by atoms with Crippen LogP contribution in [0.4, 0.5) is 16.4 Å². The lowest BCUT2D eigenvalue weighted by Crippen LogP contribution is -2.55. The van der Waals surface area contributed by atoms with Gasteiger partial charge in [-0.3, -0.25) is 11.1 Å². The Labute approximate surface area is 194 Å². The average molecular weight is 456 g/mol. The smallest absolute Gasteiger partial charge is 0.410 e. The predicted molar refractivity (Wildman–Crippen MR) is 124 cm³/mol. The van der Waals surface area contributed by atoms with Crippen molar-refractivity contribution in [3.05, 3.63) is 35.7 Å². The van der Waals surface area contributed by atoms with Crippen LogP contribution in [0.3, 0.4) is 0 Å². The molecule has 10 nitrogen and oxygen atoms in total. The number of aromatic nitrogens is 4. The van der Waals surface area contributed by atoms with Gasteiger partial charge in [-0.25, -0.2) is 4.79 Å². The molecule has 178 valence electrons. The Morgan fingerprint density at radius 2 is 1.79 bits per heavy atom. The molecule has 1 amide bonds. The summed E-state index contributed by atoms with van der Waals surface area (Å²) in [5.41, 5.74) is 13.5. The van der Waals surface area contributed by atoms with E-state index in [9.17, 15) is 4.79 Å². The quantitative estimate of drug-likeness (QED) is 0.599. The Kier molecular flexibility index (Phi) is 6.64. The summed E-state index contributed by atoms with van der Waals surface area (Å²) in [5.74, 6) is 1.58. The number of ether oxygens (including phenoxy) is 1. The lowest BCUT2D eigenvalue weighted by molar-refractivity contribution is -0.772. The maximum absolute atomic E-state index is 12.4. The number of carbonyl (C=O) groups is 1. The van der Waals surface area contributed by atoms with Gasteiger partial charge in [0.15, 0.2) is 6.17 Å². The van der Waals surface area contributed by atoms with Crippen molar-refractivity contribution in [2.75, 3.05) is 31.1 Å². The maximum atomic E-state index is 12.4. The molecule has 2 aromatic heterocycles. The summed E-state index contributed by atoms with van der Waals surface area (Å²) in [5, 5.41) is 16.8. The minimum Gasteiger partial charge on any atom is -0.444 e. The first kappa shape index (κ1) is 23.2. The molecule has 33 heavy (non-hydrogen) atoms. The minimum atomic E-state index is -0.485. The van der Waals surface area contributed by atoms with Crippen LogP contribution < -0.4 is 21.5 Å². The summed E-state index contributed by atoms with van der Waals surface area (Å²) in [4.78, 5) is 14.2. The van der Waals surface area contributed by atoms with Gasteiger partial charge in [0, 0.05) is 37.4 Å². The molecule has 2 aliphatic heterocycles. The Balaban J connectivity index is 1.43. The molecular weight excluding hydrogens is 420 g/mol. The molecule has 2 fully saturated rings. The number of carbonyl (C=O) groups excluding carboxylic acids is 1. The number of anilines is 2. The van der Waals surface area contributed by atoms with Gasteiger partial charge in [-0.1, -0.05) is 5.10 Å². The third kappa shape index (κ3) is 5.68. The number of nitrogen functional groups attached to an aromatic ring is 2. The molecule has 5 N–H and O–H groups in total. The second-order valence-electron chi connectivity index (χ2n) is 9.94. The summed E-state index contributed by atoms with van der Waals surface area (Å²) in [6, 6.07) is 7.68. The summed E-state index contributed by atoms with van der Waals surface area (Å²) in [6.07, 6.45) is 3.21. The third-order valence-electron chi connectivity index (χ3n) is 6.28. The van der Waals surface area contributed by atoms with E-state index in [0.717, 1.165) is 43.6 Å². The number of piperidine rings is 2. The molecule has 2 saturated heterocycles. The van der Waals surface area contributed by atoms with Crippen molar-refractivity contribution in [2.24, 2.45) is 0 Å². The van der Waals surface area contributed by atoms with E-state index in [4.69, 9.17) is 21.3 Å². The molecule has 2 aromatic rings. The van der Waals surface area contributed by atoms with E-state index in [1.807, 2.05) is 43.7 Å². The molecule has 2 unspecified atom stereocenters. The first-order valence-corrected chi connectivity index (χ1v) is 11.7. The van der Waals surface area contributed by atoms with Gasteiger partial charge < -0.3 is 15.4 Å². The van der Waals surface area contributed by atoms with Gasteiger partial charge in [-0.2, -0.15) is 5.10 Å². The molecule has 2 atom stereocenters. The summed E-state index contributed by atoms with van der Waals surface area (Å²) < 4.78 is 7.41. The van der Waals surface area contributed by atoms with Crippen molar-refractivity contribution >= 4 is 17.7 Å². The second-order valence-corrected chi connectivity index (χ2v) is 9.94. The second kappa shape index (κ2) is 9.46. The molecule has 0 radical (unpaired) electrons. The molecule has 4 rings (SSSR count). The van der Waals surface area contributed by atoms with Gasteiger partial charge in [-0.15, -0.1) is 9.78 Å². The summed E-state index contributed by atoms with van der Waals surface area (Å²) >= 11 is 0. The Morgan fingerprint density at radius 3 is 2.45 bits per heavy atom. The van der Waals surface area contributed by atoms with Crippen molar-refractivity contribution in [1.82, 2.24) is 25.5 Å². The van der Waals surface area contributed by atoms with Crippen LogP contribution in [0.25, 0.3) is 0 Å². The Hall–Kier alpha value is -3.01. The van der Waals surface area contributed by atoms with Crippen LogP contribution in [-0.4, -0.2) is 51.5 Å². The largest absolute Gasteiger partial charge is 0.444 e. The molecule has 0 bridgehead atoms. The summed E-state index contributed by atoms with van der Waals surface area (Å²) in [6.45, 7) is 7.82. The molecule has 0 aromatic carbocycles. The van der Waals surface area contributed by atoms with Gasteiger partial charge in [0.05, 0.1) is 11.4 Å². The monoisotopic (exact) mass is 455 g/mol. The number of nitrogens with zero attached hydrogens (tertiary/aromatic N) is 5. The number of hydrogen-bond donors (Lipinski definition) is 3. The first-order valence-electron chi connectivity index (χ1n) is 11.7. The van der Waals surface area contributed by atoms with Crippen LogP contribution in [0.2, 0.25) is 0 Å². The number of likely N-dealkylation sites (tertiary alicyclic amines) is 1. The maximum Gasteiger partial charge on any atom is 0.410 e. The van der Waals surface area contributed by atoms with E-state index < -0.39 is 5.60 Å². The van der Waals surface area contributed by atoms with Gasteiger partial charge >= 0.3 is 6.09 Å². The van der Waals surface area contributed by atoms with Crippen LogP contribution >= 0.6 is 0 Å². The summed E-state index contributed by atoms with van der Waals surface area (Å²) in [7, 11) is 0. The number of rotatable bonds is 3. The van der Waals surface area contributed by atoms with Crippen LogP contribution in [0, 0.1) is 0 Å². The molecule has 0 aliphatic carbocycles. The third-order valence-corrected chi connectivity index (χ3v) is 6.28. The predicted octanol–water partition coefficient (Wildman–Crippen LogP) is 2.10. The van der Waals surface area contributed by atoms with Crippen molar-refractivity contribution < 1.29 is 14.2 Å². The van der Waals surface area contributed by atoms with Crippen LogP contribution in [-0.2, 0) is 4.74 Å². The zero-order valence-electron chi connectivity index (χ0n) is 19.7. The highest BCUT2D eigenvalue weighted by molar-refractivity contribution is 5.68. The highest BCUT2D eigenvalue weighted by Gasteiger charge is 2.32. The molecule has 0 spiro atoms. The lowest BCUT2D eigenvalue weighted by atomic mass is 9.92. The molecule has 4 heterocycles. The van der Waals surface area contributed by atoms with E-state index in [0.29, 0.717) is 24.7 Å². The highest BCUT2D eigenvalue weighted by Crippen LogP contribution is 2.30. The highest BCUT2D eigenvalue weighted by atomic mass is 16.6. The average Bonchev–Trinajstić information content (AvgIpc) is 2.79. The fourth-order valence-electron chi connectivity index (χ4n) is 4.53.